The van der Waals surface area contributed by atoms with Crippen LogP contribution in [0.4, 0.5) is 0 Å². The molecular formula is C72H43N3S. The summed E-state index contributed by atoms with van der Waals surface area (Å²) < 4.78 is 9.93. The highest BCUT2D eigenvalue weighted by atomic mass is 32.1. The van der Waals surface area contributed by atoms with E-state index in [1.807, 2.05) is 11.3 Å². The summed E-state index contributed by atoms with van der Waals surface area (Å²) in [6.07, 6.45) is 0. The average Bonchev–Trinajstić information content (AvgIpc) is 4.33. The fourth-order valence-electron chi connectivity index (χ4n) is 13.0. The molecule has 3 nitrogen and oxygen atoms in total. The predicted octanol–water partition coefficient (Wildman–Crippen LogP) is 20.1. The molecule has 0 fully saturated rings. The summed E-state index contributed by atoms with van der Waals surface area (Å²) in [5.74, 6) is 0. The highest BCUT2D eigenvalue weighted by Crippen LogP contribution is 2.46. The largest absolute Gasteiger partial charge is 0.309 e. The molecule has 0 saturated carbocycles. The second-order valence-electron chi connectivity index (χ2n) is 20.4. The highest BCUT2D eigenvalue weighted by molar-refractivity contribution is 7.26. The van der Waals surface area contributed by atoms with Gasteiger partial charge in [0.25, 0.3) is 0 Å². The first kappa shape index (κ1) is 41.7. The number of fused-ring (bicyclic) bond motifs is 19. The lowest BCUT2D eigenvalue weighted by Gasteiger charge is -2.13. The Balaban J connectivity index is 0.788. The molecule has 0 N–H and O–H groups in total. The SMILES string of the molecule is c1ccc(-n2c3ccccc3c3cc(-c4ccc5c(c4)c4ccccc4n5-c4ccc5sc6c(ccc7c6c6ccccc6n7-c6cccc(-c7ccc8c9ccccc9c9ccccc9c8c7)c6)c5c4)ccc32)cc1. The molecule has 0 radical (unpaired) electrons. The molecule has 0 saturated heterocycles. The number of aromatic nitrogens is 3. The first-order valence-electron chi connectivity index (χ1n) is 26.2. The van der Waals surface area contributed by atoms with Crippen LogP contribution >= 0.6 is 11.3 Å². The van der Waals surface area contributed by atoms with E-state index in [1.54, 1.807) is 0 Å². The summed E-state index contributed by atoms with van der Waals surface area (Å²) in [6, 6.07) is 96.9. The van der Waals surface area contributed by atoms with Gasteiger partial charge in [-0.2, -0.15) is 0 Å². The van der Waals surface area contributed by atoms with Crippen molar-refractivity contribution >= 4 is 129 Å². The zero-order valence-corrected chi connectivity index (χ0v) is 41.9. The summed E-state index contributed by atoms with van der Waals surface area (Å²) in [6.45, 7) is 0. The molecule has 76 heavy (non-hydrogen) atoms. The molecule has 0 aliphatic rings. The van der Waals surface area contributed by atoms with E-state index in [-0.39, 0.29) is 0 Å². The van der Waals surface area contributed by atoms with Crippen LogP contribution in [0.15, 0.2) is 261 Å². The third-order valence-electron chi connectivity index (χ3n) is 16.4. The van der Waals surface area contributed by atoms with Crippen molar-refractivity contribution < 1.29 is 0 Å². The van der Waals surface area contributed by atoms with Crippen molar-refractivity contribution in [2.45, 2.75) is 0 Å². The van der Waals surface area contributed by atoms with E-state index in [9.17, 15) is 0 Å². The van der Waals surface area contributed by atoms with Crippen molar-refractivity contribution in [1.29, 1.82) is 0 Å². The van der Waals surface area contributed by atoms with Gasteiger partial charge >= 0.3 is 0 Å². The Morgan fingerprint density at radius 3 is 1.28 bits per heavy atom. The Hall–Kier alpha value is -9.74. The molecule has 17 rings (SSSR count). The topological polar surface area (TPSA) is 14.8 Å². The number of rotatable bonds is 5. The van der Waals surface area contributed by atoms with Crippen LogP contribution in [0.3, 0.4) is 0 Å². The van der Waals surface area contributed by atoms with Crippen molar-refractivity contribution in [3.63, 3.8) is 0 Å². The van der Waals surface area contributed by atoms with Gasteiger partial charge in [-0.3, -0.25) is 0 Å². The third-order valence-corrected chi connectivity index (χ3v) is 17.6. The molecule has 13 aromatic carbocycles. The van der Waals surface area contributed by atoms with Gasteiger partial charge in [0.1, 0.15) is 0 Å². The van der Waals surface area contributed by atoms with Gasteiger partial charge in [0.05, 0.1) is 33.1 Å². The maximum Gasteiger partial charge on any atom is 0.0555 e. The fraction of sp³-hybridized carbons (Fsp3) is 0. The first-order chi connectivity index (χ1) is 37.7. The zero-order chi connectivity index (χ0) is 49.6. The minimum atomic E-state index is 1.15. The van der Waals surface area contributed by atoms with Gasteiger partial charge < -0.3 is 13.7 Å². The summed E-state index contributed by atoms with van der Waals surface area (Å²) in [7, 11) is 0. The normalized spacial score (nSPS) is 12.2. The fourth-order valence-corrected chi connectivity index (χ4v) is 14.3. The summed E-state index contributed by atoms with van der Waals surface area (Å²) in [5.41, 5.74) is 15.6. The lowest BCUT2D eigenvalue weighted by atomic mass is 9.92. The van der Waals surface area contributed by atoms with E-state index in [2.05, 4.69) is 275 Å². The van der Waals surface area contributed by atoms with Gasteiger partial charge in [-0.1, -0.05) is 164 Å². The Kier molecular flexibility index (Phi) is 8.71. The number of thiophene rings is 1. The maximum absolute atomic E-state index is 2.47. The number of hydrogen-bond acceptors (Lipinski definition) is 1. The van der Waals surface area contributed by atoms with Crippen molar-refractivity contribution in [1.82, 2.24) is 13.7 Å². The Bertz CT molecular complexity index is 5260. The monoisotopic (exact) mass is 981 g/mol. The van der Waals surface area contributed by atoms with E-state index in [0.29, 0.717) is 0 Å². The van der Waals surface area contributed by atoms with Crippen LogP contribution in [0, 0.1) is 0 Å². The second-order valence-corrected chi connectivity index (χ2v) is 21.4. The molecule has 4 heterocycles. The molecule has 0 amide bonds. The first-order valence-corrected chi connectivity index (χ1v) is 27.0. The predicted molar refractivity (Wildman–Crippen MR) is 326 cm³/mol. The highest BCUT2D eigenvalue weighted by Gasteiger charge is 2.21. The van der Waals surface area contributed by atoms with Crippen molar-refractivity contribution in [3.05, 3.63) is 261 Å². The lowest BCUT2D eigenvalue weighted by Crippen LogP contribution is -1.94. The van der Waals surface area contributed by atoms with Crippen LogP contribution in [-0.2, 0) is 0 Å². The van der Waals surface area contributed by atoms with E-state index in [4.69, 9.17) is 0 Å². The molecular weight excluding hydrogens is 939 g/mol. The zero-order valence-electron chi connectivity index (χ0n) is 41.1. The Morgan fingerprint density at radius 1 is 0.211 bits per heavy atom. The third kappa shape index (κ3) is 5.93. The van der Waals surface area contributed by atoms with Crippen molar-refractivity contribution in [2.24, 2.45) is 0 Å². The standard InChI is InChI=1S/C72H43N3S/c1-2-16-48(17-3-1)73-64-26-11-8-23-56(64)61-41-46(30-35-67(61)73)47-31-36-68-62(42-47)57-24-9-12-27-65(57)74(68)50-32-38-70-63(43-50)58-34-37-69-71(72(58)76-70)59-25-10-13-28-66(59)75(69)49-18-14-15-44(39-49)45-29-33-55-53-21-5-4-19-51(53)52-20-6-7-22-54(52)60(55)40-45/h1-43H. The molecule has 0 aliphatic heterocycles. The van der Waals surface area contributed by atoms with E-state index < -0.39 is 0 Å². The number of para-hydroxylation sites is 4. The van der Waals surface area contributed by atoms with Gasteiger partial charge in [0, 0.05) is 69.6 Å². The van der Waals surface area contributed by atoms with Crippen molar-refractivity contribution in [2.75, 3.05) is 0 Å². The smallest absolute Gasteiger partial charge is 0.0555 e. The van der Waals surface area contributed by atoms with Crippen molar-refractivity contribution in [3.8, 4) is 39.3 Å². The second kappa shape index (κ2) is 15.9. The number of nitrogens with zero attached hydrogens (tertiary/aromatic N) is 3. The Labute approximate surface area is 440 Å². The molecule has 352 valence electrons. The van der Waals surface area contributed by atoms with Gasteiger partial charge in [-0.15, -0.1) is 11.3 Å². The molecule has 4 heteroatoms. The van der Waals surface area contributed by atoms with Crippen LogP contribution in [0.25, 0.3) is 157 Å². The summed E-state index contributed by atoms with van der Waals surface area (Å²) in [4.78, 5) is 0. The molecule has 0 atom stereocenters. The van der Waals surface area contributed by atoms with Crippen LogP contribution in [-0.4, -0.2) is 13.7 Å². The van der Waals surface area contributed by atoms with Gasteiger partial charge in [-0.25, -0.2) is 0 Å². The molecule has 0 spiro atoms. The van der Waals surface area contributed by atoms with Crippen LogP contribution in [0.2, 0.25) is 0 Å². The van der Waals surface area contributed by atoms with E-state index in [1.165, 1.54) is 146 Å². The van der Waals surface area contributed by atoms with Gasteiger partial charge in [0.15, 0.2) is 0 Å². The molecule has 0 unspecified atom stereocenters. The van der Waals surface area contributed by atoms with Gasteiger partial charge in [0.2, 0.25) is 0 Å². The van der Waals surface area contributed by atoms with E-state index in [0.717, 1.165) is 11.4 Å². The minimum Gasteiger partial charge on any atom is -0.309 e. The van der Waals surface area contributed by atoms with Crippen LogP contribution in [0.5, 0.6) is 0 Å². The van der Waals surface area contributed by atoms with Crippen LogP contribution < -0.4 is 0 Å². The summed E-state index contributed by atoms with van der Waals surface area (Å²) in [5, 5.41) is 17.9. The van der Waals surface area contributed by atoms with Gasteiger partial charge in [-0.05, 0) is 152 Å². The summed E-state index contributed by atoms with van der Waals surface area (Å²) >= 11 is 1.91. The lowest BCUT2D eigenvalue weighted by molar-refractivity contribution is 1.18. The minimum absolute atomic E-state index is 1.15. The molecule has 0 bridgehead atoms. The molecule has 0 aliphatic carbocycles. The molecule has 4 aromatic heterocycles. The Morgan fingerprint density at radius 2 is 0.632 bits per heavy atom. The molecule has 17 aromatic rings. The number of hydrogen-bond donors (Lipinski definition) is 0. The van der Waals surface area contributed by atoms with E-state index >= 15 is 0 Å². The average molecular weight is 982 g/mol. The maximum atomic E-state index is 2.47. The van der Waals surface area contributed by atoms with Crippen LogP contribution in [0.1, 0.15) is 0 Å². The quantitative estimate of drug-likeness (QED) is 0.153. The number of benzene rings is 13.